The van der Waals surface area contributed by atoms with Crippen molar-refractivity contribution in [2.45, 2.75) is 13.5 Å². The van der Waals surface area contributed by atoms with Gasteiger partial charge in [-0.3, -0.25) is 0 Å². The molecule has 0 bridgehead atoms. The maximum Gasteiger partial charge on any atom is 0.352 e. The van der Waals surface area contributed by atoms with Crippen molar-refractivity contribution in [1.82, 2.24) is 4.57 Å². The third-order valence-corrected chi connectivity index (χ3v) is 2.80. The van der Waals surface area contributed by atoms with Gasteiger partial charge >= 0.3 is 5.97 Å². The van der Waals surface area contributed by atoms with Crippen LogP contribution in [0.3, 0.4) is 0 Å². The number of rotatable bonds is 2. The van der Waals surface area contributed by atoms with Crippen LogP contribution in [0.15, 0.2) is 18.2 Å². The quantitative estimate of drug-likeness (QED) is 0.878. The molecule has 16 heavy (non-hydrogen) atoms. The van der Waals surface area contributed by atoms with Crippen molar-refractivity contribution >= 4 is 28.5 Å². The van der Waals surface area contributed by atoms with E-state index >= 15 is 0 Å². The van der Waals surface area contributed by atoms with Crippen LogP contribution in [0.5, 0.6) is 0 Å². The van der Waals surface area contributed by atoms with Crippen LogP contribution >= 0.6 is 11.6 Å². The SMILES string of the molecule is CCn1c(C(=O)O)cc2c(F)c(Cl)ccc21. The highest BCUT2D eigenvalue weighted by Gasteiger charge is 2.17. The van der Waals surface area contributed by atoms with Gasteiger partial charge in [0, 0.05) is 11.9 Å². The summed E-state index contributed by atoms with van der Waals surface area (Å²) in [5.74, 6) is -1.65. The number of carboxylic acid groups (broad SMARTS) is 1. The molecule has 1 heterocycles. The summed E-state index contributed by atoms with van der Waals surface area (Å²) >= 11 is 5.64. The summed E-state index contributed by atoms with van der Waals surface area (Å²) in [7, 11) is 0. The molecule has 84 valence electrons. The Bertz CT molecular complexity index is 577. The number of hydrogen-bond donors (Lipinski definition) is 1. The molecule has 0 aliphatic heterocycles. The molecule has 0 unspecified atom stereocenters. The van der Waals surface area contributed by atoms with Gasteiger partial charge in [-0.1, -0.05) is 11.6 Å². The minimum Gasteiger partial charge on any atom is -0.477 e. The molecule has 0 spiro atoms. The van der Waals surface area contributed by atoms with Crippen LogP contribution in [-0.4, -0.2) is 15.6 Å². The first-order valence-corrected chi connectivity index (χ1v) is 5.14. The lowest BCUT2D eigenvalue weighted by Gasteiger charge is -2.04. The lowest BCUT2D eigenvalue weighted by atomic mass is 10.2. The minimum atomic E-state index is -1.08. The van der Waals surface area contributed by atoms with Gasteiger partial charge in [0.05, 0.1) is 10.5 Å². The Morgan fingerprint density at radius 3 is 2.81 bits per heavy atom. The van der Waals surface area contributed by atoms with Gasteiger partial charge in [-0.25, -0.2) is 9.18 Å². The van der Waals surface area contributed by atoms with Crippen LogP contribution in [0.4, 0.5) is 4.39 Å². The van der Waals surface area contributed by atoms with Crippen LogP contribution in [0.2, 0.25) is 5.02 Å². The van der Waals surface area contributed by atoms with Crippen LogP contribution in [-0.2, 0) is 6.54 Å². The average Bonchev–Trinajstić information content (AvgIpc) is 2.62. The summed E-state index contributed by atoms with van der Waals surface area (Å²) in [5.41, 5.74) is 0.612. The van der Waals surface area contributed by atoms with Gasteiger partial charge in [-0.2, -0.15) is 0 Å². The van der Waals surface area contributed by atoms with E-state index in [1.165, 1.54) is 16.7 Å². The molecule has 1 aromatic heterocycles. The molecular weight excluding hydrogens is 233 g/mol. The largest absolute Gasteiger partial charge is 0.477 e. The number of aromatic nitrogens is 1. The highest BCUT2D eigenvalue weighted by atomic mass is 35.5. The summed E-state index contributed by atoms with van der Waals surface area (Å²) < 4.78 is 15.2. The molecule has 0 atom stereocenters. The van der Waals surface area contributed by atoms with Crippen LogP contribution in [0.25, 0.3) is 10.9 Å². The van der Waals surface area contributed by atoms with Crippen LogP contribution in [0, 0.1) is 5.82 Å². The Kier molecular flexibility index (Phi) is 2.59. The first-order valence-electron chi connectivity index (χ1n) is 4.76. The molecule has 2 aromatic rings. The van der Waals surface area contributed by atoms with Gasteiger partial charge in [0.2, 0.25) is 0 Å². The Morgan fingerprint density at radius 2 is 2.25 bits per heavy atom. The molecule has 0 saturated heterocycles. The number of hydrogen-bond acceptors (Lipinski definition) is 1. The highest BCUT2D eigenvalue weighted by Crippen LogP contribution is 2.27. The first-order chi connectivity index (χ1) is 7.56. The number of nitrogens with zero attached hydrogens (tertiary/aromatic N) is 1. The van der Waals surface area contributed by atoms with E-state index in [0.717, 1.165) is 0 Å². The molecule has 0 amide bonds. The number of halogens is 2. The molecule has 0 fully saturated rings. The summed E-state index contributed by atoms with van der Waals surface area (Å²) in [6.07, 6.45) is 0. The number of carbonyl (C=O) groups is 1. The van der Waals surface area contributed by atoms with Gasteiger partial charge in [0.1, 0.15) is 5.69 Å². The van der Waals surface area contributed by atoms with Crippen molar-refractivity contribution in [3.63, 3.8) is 0 Å². The number of benzene rings is 1. The van der Waals surface area contributed by atoms with E-state index in [2.05, 4.69) is 0 Å². The maximum absolute atomic E-state index is 13.7. The van der Waals surface area contributed by atoms with E-state index in [9.17, 15) is 9.18 Å². The van der Waals surface area contributed by atoms with Crippen molar-refractivity contribution < 1.29 is 14.3 Å². The third kappa shape index (κ3) is 1.46. The first kappa shape index (κ1) is 11.0. The maximum atomic E-state index is 13.7. The van der Waals surface area contributed by atoms with Crippen molar-refractivity contribution in [3.05, 3.63) is 34.7 Å². The van der Waals surface area contributed by atoms with E-state index < -0.39 is 11.8 Å². The Morgan fingerprint density at radius 1 is 1.56 bits per heavy atom. The summed E-state index contributed by atoms with van der Waals surface area (Å²) in [6.45, 7) is 2.27. The molecule has 5 heteroatoms. The lowest BCUT2D eigenvalue weighted by molar-refractivity contribution is 0.0686. The Balaban J connectivity index is 2.87. The van der Waals surface area contributed by atoms with Gasteiger partial charge in [-0.15, -0.1) is 0 Å². The molecule has 1 aromatic carbocycles. The van der Waals surface area contributed by atoms with Gasteiger partial charge < -0.3 is 9.67 Å². The zero-order chi connectivity index (χ0) is 11.9. The van der Waals surface area contributed by atoms with Crippen LogP contribution < -0.4 is 0 Å². The summed E-state index contributed by atoms with van der Waals surface area (Å²) in [6, 6.07) is 4.36. The van der Waals surface area contributed by atoms with Crippen molar-refractivity contribution in [3.8, 4) is 0 Å². The van der Waals surface area contributed by atoms with Gasteiger partial charge in [-0.05, 0) is 25.1 Å². The molecular formula is C11H9ClFNO2. The van der Waals surface area contributed by atoms with Crippen molar-refractivity contribution in [1.29, 1.82) is 0 Å². The fourth-order valence-corrected chi connectivity index (χ4v) is 1.96. The number of aryl methyl sites for hydroxylation is 1. The van der Waals surface area contributed by atoms with Crippen molar-refractivity contribution in [2.75, 3.05) is 0 Å². The van der Waals surface area contributed by atoms with Gasteiger partial charge in [0.15, 0.2) is 5.82 Å². The van der Waals surface area contributed by atoms with E-state index in [0.29, 0.717) is 12.1 Å². The Hall–Kier alpha value is -1.55. The smallest absolute Gasteiger partial charge is 0.352 e. The van der Waals surface area contributed by atoms with E-state index in [4.69, 9.17) is 16.7 Å². The number of aromatic carboxylic acids is 1. The molecule has 2 rings (SSSR count). The predicted molar refractivity (Wildman–Crippen MR) is 59.5 cm³/mol. The van der Waals surface area contributed by atoms with E-state index in [-0.39, 0.29) is 16.1 Å². The van der Waals surface area contributed by atoms with Crippen molar-refractivity contribution in [2.24, 2.45) is 0 Å². The summed E-state index contributed by atoms with van der Waals surface area (Å²) in [4.78, 5) is 11.0. The molecule has 0 saturated carbocycles. The number of fused-ring (bicyclic) bond motifs is 1. The lowest BCUT2D eigenvalue weighted by Crippen LogP contribution is -2.06. The summed E-state index contributed by atoms with van der Waals surface area (Å²) in [5, 5.41) is 9.22. The zero-order valence-corrected chi connectivity index (χ0v) is 9.25. The minimum absolute atomic E-state index is 0.00214. The molecule has 0 aliphatic rings. The monoisotopic (exact) mass is 241 g/mol. The fourth-order valence-electron chi connectivity index (χ4n) is 1.79. The standard InChI is InChI=1S/C11H9ClFNO2/c1-2-14-8-4-3-7(12)10(13)6(8)5-9(14)11(15)16/h3-5H,2H2,1H3,(H,15,16). The molecule has 1 N–H and O–H groups in total. The normalized spacial score (nSPS) is 10.9. The van der Waals surface area contributed by atoms with E-state index in [1.807, 2.05) is 0 Å². The molecule has 0 aliphatic carbocycles. The second-order valence-electron chi connectivity index (χ2n) is 3.37. The topological polar surface area (TPSA) is 42.2 Å². The highest BCUT2D eigenvalue weighted by molar-refractivity contribution is 6.31. The van der Waals surface area contributed by atoms with Gasteiger partial charge in [0.25, 0.3) is 0 Å². The second-order valence-corrected chi connectivity index (χ2v) is 3.78. The third-order valence-electron chi connectivity index (χ3n) is 2.51. The average molecular weight is 242 g/mol. The van der Waals surface area contributed by atoms with Crippen LogP contribution in [0.1, 0.15) is 17.4 Å². The zero-order valence-electron chi connectivity index (χ0n) is 8.50. The fraction of sp³-hybridized carbons (Fsp3) is 0.182. The second kappa shape index (κ2) is 3.79. The van der Waals surface area contributed by atoms with E-state index in [1.54, 1.807) is 13.0 Å². The molecule has 3 nitrogen and oxygen atoms in total. The Labute approximate surface area is 96.1 Å². The molecule has 0 radical (unpaired) electrons. The number of carboxylic acids is 1. The predicted octanol–water partition coefficient (Wildman–Crippen LogP) is 3.15.